The van der Waals surface area contributed by atoms with Crippen molar-refractivity contribution in [2.24, 2.45) is 5.73 Å². The van der Waals surface area contributed by atoms with E-state index < -0.39 is 21.3 Å². The van der Waals surface area contributed by atoms with Crippen LogP contribution in [0, 0.1) is 0 Å². The van der Waals surface area contributed by atoms with Crippen molar-refractivity contribution in [1.82, 2.24) is 0 Å². The van der Waals surface area contributed by atoms with Crippen LogP contribution in [0.5, 0.6) is 0 Å². The van der Waals surface area contributed by atoms with Crippen LogP contribution >= 0.6 is 0 Å². The van der Waals surface area contributed by atoms with Gasteiger partial charge in [0.1, 0.15) is 5.25 Å². The molecule has 0 heterocycles. The van der Waals surface area contributed by atoms with Crippen LogP contribution in [0.25, 0.3) is 0 Å². The van der Waals surface area contributed by atoms with E-state index in [1.807, 2.05) is 0 Å². The van der Waals surface area contributed by atoms with Gasteiger partial charge in [0.2, 0.25) is 5.91 Å². The zero-order chi connectivity index (χ0) is 10.6. The van der Waals surface area contributed by atoms with E-state index in [1.54, 1.807) is 6.92 Å². The summed E-state index contributed by atoms with van der Waals surface area (Å²) in [5, 5.41) is -1.27. The molecule has 78 valence electrons. The van der Waals surface area contributed by atoms with Crippen molar-refractivity contribution in [2.45, 2.75) is 25.0 Å². The molecule has 7 heteroatoms. The van der Waals surface area contributed by atoms with Gasteiger partial charge in [-0.15, -0.1) is 0 Å². The summed E-state index contributed by atoms with van der Waals surface area (Å²) in [5.74, 6) is -0.906. The second-order valence-corrected chi connectivity index (χ2v) is 4.28. The molecule has 5 nitrogen and oxygen atoms in total. The van der Waals surface area contributed by atoms with E-state index in [1.165, 1.54) is 0 Å². The van der Waals surface area contributed by atoms with E-state index in [0.29, 0.717) is 6.42 Å². The maximum atomic E-state index is 10.8. The second kappa shape index (κ2) is 6.58. The summed E-state index contributed by atoms with van der Waals surface area (Å²) < 4.78 is 30.2. The summed E-state index contributed by atoms with van der Waals surface area (Å²) in [7, 11) is -4.27. The molecular weight excluding hydrogens is 217 g/mol. The van der Waals surface area contributed by atoms with Crippen LogP contribution in [0.1, 0.15) is 21.2 Å². The molecule has 0 saturated heterocycles. The fourth-order valence-corrected chi connectivity index (χ4v) is 1.93. The number of hydrogen-bond donors (Lipinski definition) is 2. The van der Waals surface area contributed by atoms with Crippen molar-refractivity contribution >= 4 is 16.0 Å². The Hall–Kier alpha value is 0.120. The predicted octanol–water partition coefficient (Wildman–Crippen LogP) is -2.80. The van der Waals surface area contributed by atoms with Crippen LogP contribution in [-0.4, -0.2) is 24.1 Å². The molecule has 0 aromatic rings. The van der Waals surface area contributed by atoms with Crippen LogP contribution in [0.2, 0.25) is 0 Å². The molecule has 14 heavy (non-hydrogen) atoms. The quantitative estimate of drug-likeness (QED) is 0.303. The fraction of sp³-hybridized carbons (Fsp3) is 0.571. The minimum atomic E-state index is -4.27. The van der Waals surface area contributed by atoms with Gasteiger partial charge in [0.25, 0.3) is 10.1 Å². The third-order valence-electron chi connectivity index (χ3n) is 1.62. The summed E-state index contributed by atoms with van der Waals surface area (Å²) in [5.41, 5.74) is 4.58. The van der Waals surface area contributed by atoms with Crippen molar-refractivity contribution in [3.05, 3.63) is 12.2 Å². The first-order chi connectivity index (χ1) is 5.80. The van der Waals surface area contributed by atoms with Crippen molar-refractivity contribution in [3.63, 3.8) is 0 Å². The van der Waals surface area contributed by atoms with Gasteiger partial charge < -0.3 is 7.16 Å². The van der Waals surface area contributed by atoms with Crippen molar-refractivity contribution in [1.29, 1.82) is 0 Å². The van der Waals surface area contributed by atoms with Crippen molar-refractivity contribution in [2.75, 3.05) is 0 Å². The van der Waals surface area contributed by atoms with Crippen LogP contribution < -0.4 is 35.3 Å². The molecule has 0 bridgehead atoms. The Morgan fingerprint density at radius 3 is 2.29 bits per heavy atom. The van der Waals surface area contributed by atoms with Crippen LogP contribution in [-0.2, 0) is 14.9 Å². The molecule has 0 aliphatic heterocycles. The topological polar surface area (TPSA) is 97.5 Å². The maximum absolute atomic E-state index is 10.8. The van der Waals surface area contributed by atoms with Gasteiger partial charge in [-0.2, -0.15) is 8.42 Å². The maximum Gasteiger partial charge on any atom is 1.00 e. The van der Waals surface area contributed by atoms with Crippen LogP contribution in [0.4, 0.5) is 0 Å². The largest absolute Gasteiger partial charge is 1.00 e. The molecule has 3 N–H and O–H groups in total. The summed E-state index contributed by atoms with van der Waals surface area (Å²) in [6.07, 6.45) is 0.650. The molecule has 1 unspecified atom stereocenters. The Bertz CT molecular complexity index is 317. The molecule has 0 radical (unpaired) electrons. The van der Waals surface area contributed by atoms with E-state index in [9.17, 15) is 13.2 Å². The number of hydrogen-bond acceptors (Lipinski definition) is 3. The predicted molar refractivity (Wildman–Crippen MR) is 49.7 cm³/mol. The number of amides is 1. The monoisotopic (exact) mass is 231 g/mol. The third kappa shape index (κ3) is 5.11. The van der Waals surface area contributed by atoms with E-state index in [2.05, 4.69) is 6.58 Å². The van der Waals surface area contributed by atoms with Gasteiger partial charge in [0.15, 0.2) is 0 Å². The van der Waals surface area contributed by atoms with Gasteiger partial charge in [0.05, 0.1) is 0 Å². The van der Waals surface area contributed by atoms with Gasteiger partial charge in [-0.05, 0) is 6.42 Å². The normalized spacial score (nSPS) is 12.7. The number of carbonyl (C=O) groups is 1. The first-order valence-electron chi connectivity index (χ1n) is 3.75. The summed E-state index contributed by atoms with van der Waals surface area (Å²) in [6.45, 7) is 4.95. The standard InChI is InChI=1S/C7H13NO4S.Na.H/c1-3-4-6(13(10,11)12)5(2)7(8)9;;/h6H,2-4H2,1H3,(H2,8,9)(H,10,11,12);;/q;+1;-1. The molecule has 0 saturated carbocycles. The van der Waals surface area contributed by atoms with Crippen molar-refractivity contribution < 1.29 is 48.7 Å². The second-order valence-electron chi connectivity index (χ2n) is 2.68. The zero-order valence-electron chi connectivity index (χ0n) is 9.36. The van der Waals surface area contributed by atoms with Gasteiger partial charge in [-0.25, -0.2) is 0 Å². The molecule has 0 fully saturated rings. The van der Waals surface area contributed by atoms with E-state index in [4.69, 9.17) is 10.3 Å². The zero-order valence-corrected chi connectivity index (χ0v) is 11.2. The van der Waals surface area contributed by atoms with Crippen LogP contribution in [0.3, 0.4) is 0 Å². The average molecular weight is 231 g/mol. The SMILES string of the molecule is C=C(C(N)=O)C(CCC)S(=O)(=O)O.[H-].[Na+]. The van der Waals surface area contributed by atoms with Gasteiger partial charge >= 0.3 is 29.6 Å². The minimum Gasteiger partial charge on any atom is -1.00 e. The van der Waals surface area contributed by atoms with E-state index >= 15 is 0 Å². The molecule has 1 atom stereocenters. The molecule has 0 aromatic carbocycles. The fourth-order valence-electron chi connectivity index (χ4n) is 0.924. The Morgan fingerprint density at radius 1 is 1.64 bits per heavy atom. The molecule has 0 aliphatic carbocycles. The molecule has 0 spiro atoms. The van der Waals surface area contributed by atoms with Gasteiger partial charge in [-0.3, -0.25) is 9.35 Å². The Balaban J connectivity index is -0.000000720. The number of primary amides is 1. The average Bonchev–Trinajstić information content (AvgIpc) is 1.96. The van der Waals surface area contributed by atoms with Crippen molar-refractivity contribution in [3.8, 4) is 0 Å². The number of carbonyl (C=O) groups excluding carboxylic acids is 1. The molecule has 0 aromatic heterocycles. The Kier molecular flexibility index (Phi) is 7.77. The number of rotatable bonds is 5. The van der Waals surface area contributed by atoms with E-state index in [0.717, 1.165) is 0 Å². The minimum absolute atomic E-state index is 0. The summed E-state index contributed by atoms with van der Waals surface area (Å²) in [6, 6.07) is 0. The number of nitrogens with two attached hydrogens (primary N) is 1. The molecule has 0 rings (SSSR count). The first-order valence-corrected chi connectivity index (χ1v) is 5.26. The molecule has 0 aliphatic rings. The first kappa shape index (κ1) is 16.5. The molecule has 1 amide bonds. The Morgan fingerprint density at radius 2 is 2.07 bits per heavy atom. The van der Waals surface area contributed by atoms with Gasteiger partial charge in [0, 0.05) is 5.57 Å². The third-order valence-corrected chi connectivity index (χ3v) is 2.85. The summed E-state index contributed by atoms with van der Waals surface area (Å²) in [4.78, 5) is 10.6. The molecular formula is C7H14NNaO4S. The summed E-state index contributed by atoms with van der Waals surface area (Å²) >= 11 is 0. The Labute approximate surface area is 107 Å². The van der Waals surface area contributed by atoms with Crippen LogP contribution in [0.15, 0.2) is 12.2 Å². The van der Waals surface area contributed by atoms with E-state index in [-0.39, 0.29) is 43.0 Å². The van der Waals surface area contributed by atoms with Gasteiger partial charge in [-0.1, -0.05) is 19.9 Å². The smallest absolute Gasteiger partial charge is 1.00 e.